The molecule has 0 unspecified atom stereocenters. The summed E-state index contributed by atoms with van der Waals surface area (Å²) in [6, 6.07) is 12.6. The fraction of sp³-hybridized carbons (Fsp3) is 0.0769. The van der Waals surface area contributed by atoms with Crippen LogP contribution in [0.15, 0.2) is 59.5 Å². The van der Waals surface area contributed by atoms with Gasteiger partial charge >= 0.3 is 35.6 Å². The maximum atomic E-state index is 14.1. The second-order valence-electron chi connectivity index (χ2n) is 8.72. The largest absolute Gasteiger partial charge is 1.00 e. The maximum absolute atomic E-state index is 14.1. The summed E-state index contributed by atoms with van der Waals surface area (Å²) in [5, 5.41) is 11.8. The fourth-order valence-corrected chi connectivity index (χ4v) is 5.35. The zero-order chi connectivity index (χ0) is 29.6. The van der Waals surface area contributed by atoms with Crippen molar-refractivity contribution in [3.8, 4) is 0 Å². The van der Waals surface area contributed by atoms with Crippen LogP contribution in [-0.4, -0.2) is 52.8 Å². The van der Waals surface area contributed by atoms with Gasteiger partial charge in [-0.25, -0.2) is 8.42 Å². The number of nitrogens with two attached hydrogens (primary N) is 1. The van der Waals surface area contributed by atoms with Crippen LogP contribution in [0.1, 0.15) is 31.8 Å². The molecule has 42 heavy (non-hydrogen) atoms. The van der Waals surface area contributed by atoms with E-state index < -0.39 is 61.5 Å². The van der Waals surface area contributed by atoms with Gasteiger partial charge in [-0.15, -0.1) is 0 Å². The van der Waals surface area contributed by atoms with Gasteiger partial charge in [-0.3, -0.25) is 9.59 Å². The molecule has 1 heterocycles. The SMILES string of the molecule is Nc1c(S(=O)(=O)[O-])cc(Nc2cccc(N(CCO)c3nc(F)nc(F)c3Cl)c2)c2c1C(=O)c1ccccc1C2=O.[Na+]. The van der Waals surface area contributed by atoms with Crippen molar-refractivity contribution in [2.75, 3.05) is 29.1 Å². The van der Waals surface area contributed by atoms with Crippen molar-refractivity contribution in [1.82, 2.24) is 9.97 Å². The van der Waals surface area contributed by atoms with E-state index >= 15 is 0 Å². The summed E-state index contributed by atoms with van der Waals surface area (Å²) >= 11 is 5.97. The molecule has 5 rings (SSSR count). The van der Waals surface area contributed by atoms with Gasteiger partial charge in [-0.1, -0.05) is 41.9 Å². The Morgan fingerprint density at radius 2 is 1.64 bits per heavy atom. The summed E-state index contributed by atoms with van der Waals surface area (Å²) in [6.45, 7) is -0.688. The van der Waals surface area contributed by atoms with Gasteiger partial charge in [0.25, 0.3) is 0 Å². The summed E-state index contributed by atoms with van der Waals surface area (Å²) in [7, 11) is -5.19. The molecule has 0 bridgehead atoms. The van der Waals surface area contributed by atoms with Crippen LogP contribution in [-0.2, 0) is 10.1 Å². The Morgan fingerprint density at radius 1 is 1.00 bits per heavy atom. The monoisotopic (exact) mass is 623 g/mol. The number of hydrogen-bond acceptors (Lipinski definition) is 11. The number of benzene rings is 3. The summed E-state index contributed by atoms with van der Waals surface area (Å²) < 4.78 is 64.1. The van der Waals surface area contributed by atoms with Crippen LogP contribution in [0.2, 0.25) is 5.02 Å². The summed E-state index contributed by atoms with van der Waals surface area (Å²) in [4.78, 5) is 33.6. The van der Waals surface area contributed by atoms with Crippen molar-refractivity contribution < 1.29 is 66.0 Å². The second kappa shape index (κ2) is 12.0. The summed E-state index contributed by atoms with van der Waals surface area (Å²) in [5.74, 6) is -3.10. The number of aliphatic hydroxyl groups excluding tert-OH is 1. The number of fused-ring (bicyclic) bond motifs is 2. The smallest absolute Gasteiger partial charge is 0.744 e. The Balaban J connectivity index is 0.00000405. The normalized spacial score (nSPS) is 12.3. The number of anilines is 5. The van der Waals surface area contributed by atoms with Crippen molar-refractivity contribution in [1.29, 1.82) is 0 Å². The van der Waals surface area contributed by atoms with E-state index in [1.54, 1.807) is 6.07 Å². The van der Waals surface area contributed by atoms with E-state index in [4.69, 9.17) is 17.3 Å². The fourth-order valence-electron chi connectivity index (χ4n) is 4.53. The minimum atomic E-state index is -5.19. The van der Waals surface area contributed by atoms with Crippen LogP contribution in [0.5, 0.6) is 0 Å². The van der Waals surface area contributed by atoms with Crippen LogP contribution in [0.3, 0.4) is 0 Å². The topological polar surface area (TPSA) is 179 Å². The molecule has 0 aliphatic heterocycles. The molecule has 0 saturated carbocycles. The number of halogens is 3. The van der Waals surface area contributed by atoms with Gasteiger partial charge in [-0.2, -0.15) is 18.7 Å². The Bertz CT molecular complexity index is 1880. The first-order valence-corrected chi connectivity index (χ1v) is 13.5. The number of carbonyl (C=O) groups is 2. The van der Waals surface area contributed by atoms with Gasteiger partial charge in [0.2, 0.25) is 5.95 Å². The molecule has 0 radical (unpaired) electrons. The summed E-state index contributed by atoms with van der Waals surface area (Å²) in [6.07, 6.45) is -1.40. The first-order valence-electron chi connectivity index (χ1n) is 11.7. The predicted molar refractivity (Wildman–Crippen MR) is 143 cm³/mol. The summed E-state index contributed by atoms with van der Waals surface area (Å²) in [5.41, 5.74) is 4.84. The Kier molecular flexibility index (Phi) is 8.99. The number of nitrogen functional groups attached to an aromatic ring is 1. The Morgan fingerprint density at radius 3 is 2.26 bits per heavy atom. The third-order valence-corrected chi connectivity index (χ3v) is 7.45. The molecule has 1 aliphatic carbocycles. The number of aliphatic hydroxyl groups is 1. The van der Waals surface area contributed by atoms with Crippen LogP contribution < -0.4 is 45.5 Å². The van der Waals surface area contributed by atoms with Crippen molar-refractivity contribution in [2.24, 2.45) is 0 Å². The first kappa shape index (κ1) is 31.4. The standard InChI is InChI=1S/C26H18ClF2N5O6S.Na/c27-20-24(28)32-26(29)33-25(20)34(8-9-35)13-5-3-4-12(10-13)31-16-11-17(41(38,39)40)21(30)19-18(16)22(36)14-6-1-2-7-15(14)23(19)37;/h1-7,10-11,31,35H,8-9,30H2,(H,38,39,40);/q;+1/p-1. The number of hydrogen-bond donors (Lipinski definition) is 3. The molecule has 0 amide bonds. The molecule has 0 fully saturated rings. The molecule has 0 atom stereocenters. The molecule has 4 N–H and O–H groups in total. The number of nitrogens with zero attached hydrogens (tertiary/aromatic N) is 3. The van der Waals surface area contributed by atoms with Gasteiger partial charge in [-0.05, 0) is 24.3 Å². The van der Waals surface area contributed by atoms with E-state index in [9.17, 15) is 36.4 Å². The number of nitrogens with one attached hydrogen (secondary N) is 1. The van der Waals surface area contributed by atoms with Crippen LogP contribution in [0, 0.1) is 12.0 Å². The molecule has 1 aromatic heterocycles. The van der Waals surface area contributed by atoms with Gasteiger partial charge < -0.3 is 25.6 Å². The van der Waals surface area contributed by atoms with E-state index in [0.29, 0.717) is 0 Å². The van der Waals surface area contributed by atoms with Crippen molar-refractivity contribution in [2.45, 2.75) is 4.90 Å². The molecule has 16 heteroatoms. The minimum Gasteiger partial charge on any atom is -0.744 e. The van der Waals surface area contributed by atoms with E-state index in [-0.39, 0.29) is 75.7 Å². The predicted octanol–water partition coefficient (Wildman–Crippen LogP) is 0.548. The van der Waals surface area contributed by atoms with Gasteiger partial charge in [0.1, 0.15) is 15.1 Å². The van der Waals surface area contributed by atoms with E-state index in [0.717, 1.165) is 6.07 Å². The van der Waals surface area contributed by atoms with Crippen molar-refractivity contribution >= 4 is 61.9 Å². The minimum absolute atomic E-state index is 0. The van der Waals surface area contributed by atoms with E-state index in [1.165, 1.54) is 47.4 Å². The Labute approximate surface area is 264 Å². The second-order valence-corrected chi connectivity index (χ2v) is 10.4. The molecule has 4 aromatic rings. The maximum Gasteiger partial charge on any atom is 1.00 e. The van der Waals surface area contributed by atoms with Crippen LogP contribution in [0.4, 0.5) is 37.3 Å². The molecule has 3 aromatic carbocycles. The van der Waals surface area contributed by atoms with Crippen molar-refractivity contribution in [3.63, 3.8) is 0 Å². The quantitative estimate of drug-likeness (QED) is 0.0758. The number of carbonyl (C=O) groups excluding carboxylic acids is 2. The van der Waals surface area contributed by atoms with E-state index in [1.807, 2.05) is 0 Å². The zero-order valence-electron chi connectivity index (χ0n) is 21.6. The molecule has 11 nitrogen and oxygen atoms in total. The third-order valence-electron chi connectivity index (χ3n) is 6.25. The van der Waals surface area contributed by atoms with E-state index in [2.05, 4.69) is 15.3 Å². The molecular weight excluding hydrogens is 607 g/mol. The average molecular weight is 624 g/mol. The zero-order valence-corrected chi connectivity index (χ0v) is 25.1. The number of rotatable bonds is 7. The van der Waals surface area contributed by atoms with Gasteiger partial charge in [0.05, 0.1) is 34.0 Å². The average Bonchev–Trinajstić information content (AvgIpc) is 2.92. The molecule has 0 spiro atoms. The first-order chi connectivity index (χ1) is 19.4. The van der Waals surface area contributed by atoms with Crippen LogP contribution in [0.25, 0.3) is 0 Å². The Hall–Kier alpha value is -3.50. The molecular formula is C26H17ClF2N5NaO6S. The van der Waals surface area contributed by atoms with Gasteiger partial charge in [0, 0.05) is 29.0 Å². The van der Waals surface area contributed by atoms with Crippen LogP contribution >= 0.6 is 11.6 Å². The number of ketones is 2. The molecule has 210 valence electrons. The van der Waals surface area contributed by atoms with Crippen molar-refractivity contribution in [3.05, 3.63) is 93.9 Å². The molecule has 1 aliphatic rings. The number of aromatic nitrogens is 2. The van der Waals surface area contributed by atoms with Gasteiger partial charge in [0.15, 0.2) is 17.4 Å². The molecule has 0 saturated heterocycles. The third kappa shape index (κ3) is 5.62.